The summed E-state index contributed by atoms with van der Waals surface area (Å²) in [5.74, 6) is 0.324. The van der Waals surface area contributed by atoms with Crippen molar-refractivity contribution < 1.29 is 23.8 Å². The molecule has 1 rings (SSSR count). The van der Waals surface area contributed by atoms with Crippen LogP contribution in [0.2, 0.25) is 0 Å². The summed E-state index contributed by atoms with van der Waals surface area (Å²) in [5, 5.41) is 0. The van der Waals surface area contributed by atoms with Crippen molar-refractivity contribution in [1.82, 2.24) is 4.90 Å². The number of carbonyl (C=O) groups is 2. The Hall–Kier alpha value is -2.24. The third kappa shape index (κ3) is 4.11. The maximum atomic E-state index is 12.6. The molecule has 6 heteroatoms. The first-order valence-corrected chi connectivity index (χ1v) is 6.66. The van der Waals surface area contributed by atoms with Crippen LogP contribution in [0.1, 0.15) is 23.7 Å². The van der Waals surface area contributed by atoms with Crippen molar-refractivity contribution in [3.63, 3.8) is 0 Å². The maximum absolute atomic E-state index is 12.6. The van der Waals surface area contributed by atoms with E-state index < -0.39 is 0 Å². The molecular formula is C15H21NO5. The van der Waals surface area contributed by atoms with Gasteiger partial charge in [-0.25, -0.2) is 0 Å². The summed E-state index contributed by atoms with van der Waals surface area (Å²) in [6.45, 7) is 2.63. The Morgan fingerprint density at radius 1 is 1.14 bits per heavy atom. The van der Waals surface area contributed by atoms with Gasteiger partial charge in [0.05, 0.1) is 33.3 Å². The highest BCUT2D eigenvalue weighted by Crippen LogP contribution is 2.31. The molecule has 0 aliphatic carbocycles. The average Bonchev–Trinajstić information content (AvgIpc) is 2.53. The Morgan fingerprint density at radius 3 is 2.38 bits per heavy atom. The van der Waals surface area contributed by atoms with Crippen LogP contribution in [0.25, 0.3) is 0 Å². The van der Waals surface area contributed by atoms with E-state index >= 15 is 0 Å². The van der Waals surface area contributed by atoms with Crippen molar-refractivity contribution in [2.45, 2.75) is 13.3 Å². The zero-order valence-electron chi connectivity index (χ0n) is 12.8. The Labute approximate surface area is 124 Å². The molecule has 0 aliphatic heterocycles. The van der Waals surface area contributed by atoms with Crippen LogP contribution in [0.4, 0.5) is 0 Å². The van der Waals surface area contributed by atoms with Crippen molar-refractivity contribution in [3.8, 4) is 11.5 Å². The van der Waals surface area contributed by atoms with Gasteiger partial charge in [-0.05, 0) is 19.1 Å². The predicted octanol–water partition coefficient (Wildman–Crippen LogP) is 1.73. The lowest BCUT2D eigenvalue weighted by Crippen LogP contribution is -2.33. The average molecular weight is 295 g/mol. The Balaban J connectivity index is 2.97. The van der Waals surface area contributed by atoms with Gasteiger partial charge < -0.3 is 19.1 Å². The normalized spacial score (nSPS) is 9.90. The van der Waals surface area contributed by atoms with Crippen molar-refractivity contribution in [2.75, 3.05) is 34.4 Å². The van der Waals surface area contributed by atoms with E-state index in [1.165, 1.54) is 21.3 Å². The highest BCUT2D eigenvalue weighted by molar-refractivity contribution is 5.98. The maximum Gasteiger partial charge on any atom is 0.307 e. The fraction of sp³-hybridized carbons (Fsp3) is 0.467. The molecule has 0 saturated heterocycles. The van der Waals surface area contributed by atoms with Gasteiger partial charge in [0.1, 0.15) is 0 Å². The quantitative estimate of drug-likeness (QED) is 0.717. The third-order valence-electron chi connectivity index (χ3n) is 3.12. The van der Waals surface area contributed by atoms with Crippen LogP contribution in [-0.4, -0.2) is 51.2 Å². The van der Waals surface area contributed by atoms with E-state index in [1.54, 1.807) is 23.1 Å². The summed E-state index contributed by atoms with van der Waals surface area (Å²) < 4.78 is 15.0. The number of methoxy groups -OCH3 is 3. The number of esters is 1. The molecule has 0 aromatic heterocycles. The van der Waals surface area contributed by atoms with Crippen molar-refractivity contribution in [3.05, 3.63) is 23.8 Å². The van der Waals surface area contributed by atoms with Crippen LogP contribution in [0, 0.1) is 0 Å². The van der Waals surface area contributed by atoms with Gasteiger partial charge in [0.25, 0.3) is 5.91 Å². The van der Waals surface area contributed by atoms with E-state index in [0.29, 0.717) is 30.2 Å². The second-order valence-electron chi connectivity index (χ2n) is 4.25. The minimum atomic E-state index is -0.348. The van der Waals surface area contributed by atoms with Gasteiger partial charge in [-0.15, -0.1) is 0 Å². The number of carbonyl (C=O) groups excluding carboxylic acids is 2. The molecule has 0 radical (unpaired) electrons. The van der Waals surface area contributed by atoms with E-state index in [4.69, 9.17) is 9.47 Å². The molecule has 6 nitrogen and oxygen atoms in total. The number of ether oxygens (including phenoxy) is 3. The zero-order valence-corrected chi connectivity index (χ0v) is 12.8. The largest absolute Gasteiger partial charge is 0.493 e. The fourth-order valence-corrected chi connectivity index (χ4v) is 1.96. The predicted molar refractivity (Wildman–Crippen MR) is 77.8 cm³/mol. The molecule has 116 valence electrons. The molecule has 0 saturated carbocycles. The molecule has 1 aromatic carbocycles. The first kappa shape index (κ1) is 16.8. The van der Waals surface area contributed by atoms with Gasteiger partial charge in [0, 0.05) is 13.1 Å². The lowest BCUT2D eigenvalue weighted by molar-refractivity contribution is -0.140. The van der Waals surface area contributed by atoms with Crippen LogP contribution < -0.4 is 9.47 Å². The van der Waals surface area contributed by atoms with Gasteiger partial charge in [0.15, 0.2) is 11.5 Å². The molecule has 0 unspecified atom stereocenters. The molecule has 21 heavy (non-hydrogen) atoms. The second kappa shape index (κ2) is 8.14. The minimum Gasteiger partial charge on any atom is -0.493 e. The van der Waals surface area contributed by atoms with E-state index in [9.17, 15) is 9.59 Å². The summed E-state index contributed by atoms with van der Waals surface area (Å²) in [4.78, 5) is 25.3. The zero-order chi connectivity index (χ0) is 15.8. The van der Waals surface area contributed by atoms with Crippen LogP contribution in [0.5, 0.6) is 11.5 Å². The molecule has 0 heterocycles. The smallest absolute Gasteiger partial charge is 0.307 e. The minimum absolute atomic E-state index is 0.155. The molecule has 0 N–H and O–H groups in total. The van der Waals surface area contributed by atoms with Crippen molar-refractivity contribution in [2.24, 2.45) is 0 Å². The molecule has 0 atom stereocenters. The molecule has 0 fully saturated rings. The lowest BCUT2D eigenvalue weighted by atomic mass is 10.1. The Bertz CT molecular complexity index is 501. The number of nitrogens with zero attached hydrogens (tertiary/aromatic N) is 1. The number of hydrogen-bond donors (Lipinski definition) is 0. The van der Waals surface area contributed by atoms with Gasteiger partial charge >= 0.3 is 5.97 Å². The second-order valence-corrected chi connectivity index (χ2v) is 4.25. The van der Waals surface area contributed by atoms with Gasteiger partial charge in [-0.3, -0.25) is 9.59 Å². The number of hydrogen-bond acceptors (Lipinski definition) is 5. The number of benzene rings is 1. The molecule has 1 aromatic rings. The summed E-state index contributed by atoms with van der Waals surface area (Å²) >= 11 is 0. The van der Waals surface area contributed by atoms with Crippen LogP contribution in [0.3, 0.4) is 0 Å². The SMILES string of the molecule is CCN(CCC(=O)OC)C(=O)c1cccc(OC)c1OC. The summed E-state index contributed by atoms with van der Waals surface area (Å²) in [5.41, 5.74) is 0.406. The third-order valence-corrected chi connectivity index (χ3v) is 3.12. The van der Waals surface area contributed by atoms with Gasteiger partial charge in [-0.2, -0.15) is 0 Å². The first-order chi connectivity index (χ1) is 10.1. The Morgan fingerprint density at radius 2 is 1.86 bits per heavy atom. The molecule has 1 amide bonds. The number of amides is 1. The first-order valence-electron chi connectivity index (χ1n) is 6.66. The van der Waals surface area contributed by atoms with Crippen molar-refractivity contribution >= 4 is 11.9 Å². The number of para-hydroxylation sites is 1. The summed E-state index contributed by atoms with van der Waals surface area (Å²) in [6, 6.07) is 5.12. The van der Waals surface area contributed by atoms with Crippen LogP contribution >= 0.6 is 0 Å². The van der Waals surface area contributed by atoms with E-state index in [2.05, 4.69) is 4.74 Å². The van der Waals surface area contributed by atoms with Crippen LogP contribution in [0.15, 0.2) is 18.2 Å². The van der Waals surface area contributed by atoms with E-state index in [1.807, 2.05) is 6.92 Å². The van der Waals surface area contributed by atoms with Gasteiger partial charge in [0.2, 0.25) is 0 Å². The van der Waals surface area contributed by atoms with Crippen LogP contribution in [-0.2, 0) is 9.53 Å². The fourth-order valence-electron chi connectivity index (χ4n) is 1.96. The summed E-state index contributed by atoms with van der Waals surface area (Å²) in [6.07, 6.45) is 0.155. The molecular weight excluding hydrogens is 274 g/mol. The Kier molecular flexibility index (Phi) is 6.52. The highest BCUT2D eigenvalue weighted by atomic mass is 16.5. The standard InChI is InChI=1S/C15H21NO5/c1-5-16(10-9-13(17)20-3)15(18)11-7-6-8-12(19-2)14(11)21-4/h6-8H,5,9-10H2,1-4H3. The lowest BCUT2D eigenvalue weighted by Gasteiger charge is -2.22. The topological polar surface area (TPSA) is 65.1 Å². The monoisotopic (exact) mass is 295 g/mol. The van der Waals surface area contributed by atoms with E-state index in [0.717, 1.165) is 0 Å². The highest BCUT2D eigenvalue weighted by Gasteiger charge is 2.21. The van der Waals surface area contributed by atoms with Gasteiger partial charge in [-0.1, -0.05) is 6.07 Å². The van der Waals surface area contributed by atoms with Crippen molar-refractivity contribution in [1.29, 1.82) is 0 Å². The summed E-state index contributed by atoms with van der Waals surface area (Å²) in [7, 11) is 4.33. The molecule has 0 bridgehead atoms. The number of rotatable bonds is 7. The molecule has 0 spiro atoms. The molecule has 0 aliphatic rings. The van der Waals surface area contributed by atoms with E-state index in [-0.39, 0.29) is 18.3 Å².